The van der Waals surface area contributed by atoms with Crippen LogP contribution in [0.15, 0.2) is 10.4 Å². The molecule has 0 radical (unpaired) electrons. The number of aryl methyl sites for hydroxylation is 1. The minimum atomic E-state index is -3.48. The fourth-order valence-corrected chi connectivity index (χ4v) is 5.09. The second-order valence-electron chi connectivity index (χ2n) is 4.33. The van der Waals surface area contributed by atoms with Gasteiger partial charge in [-0.2, -0.15) is 4.31 Å². The van der Waals surface area contributed by atoms with Gasteiger partial charge < -0.3 is 5.11 Å². The van der Waals surface area contributed by atoms with Crippen LogP contribution in [0, 0.1) is 12.8 Å². The molecule has 1 fully saturated rings. The van der Waals surface area contributed by atoms with Crippen molar-refractivity contribution in [1.29, 1.82) is 0 Å². The first-order valence-corrected chi connectivity index (χ1v) is 7.77. The molecule has 0 bridgehead atoms. The molecule has 0 saturated carbocycles. The van der Waals surface area contributed by atoms with Crippen LogP contribution in [-0.2, 0) is 10.0 Å². The Hall–Kier alpha value is -0.500. The molecule has 96 valence electrons. The smallest absolute Gasteiger partial charge is 0.254 e. The first kappa shape index (κ1) is 12.9. The van der Waals surface area contributed by atoms with Gasteiger partial charge in [-0.1, -0.05) is 6.92 Å². The SMILES string of the molecule is Cc1ncc(S(=O)(=O)N2CCC(C)C2CO)s1. The van der Waals surface area contributed by atoms with Crippen molar-refractivity contribution in [3.8, 4) is 0 Å². The van der Waals surface area contributed by atoms with E-state index in [4.69, 9.17) is 0 Å². The van der Waals surface area contributed by atoms with Gasteiger partial charge in [0.25, 0.3) is 10.0 Å². The van der Waals surface area contributed by atoms with E-state index in [-0.39, 0.29) is 22.8 Å². The van der Waals surface area contributed by atoms with Crippen molar-refractivity contribution in [2.45, 2.75) is 30.5 Å². The van der Waals surface area contributed by atoms with Crippen molar-refractivity contribution < 1.29 is 13.5 Å². The summed E-state index contributed by atoms with van der Waals surface area (Å²) in [7, 11) is -3.48. The Morgan fingerprint density at radius 2 is 2.35 bits per heavy atom. The average molecular weight is 276 g/mol. The lowest BCUT2D eigenvalue weighted by molar-refractivity contribution is 0.191. The van der Waals surface area contributed by atoms with Gasteiger partial charge in [-0.3, -0.25) is 0 Å². The van der Waals surface area contributed by atoms with E-state index in [2.05, 4.69) is 4.98 Å². The number of rotatable bonds is 3. The number of hydrogen-bond donors (Lipinski definition) is 1. The molecular weight excluding hydrogens is 260 g/mol. The summed E-state index contributed by atoms with van der Waals surface area (Å²) in [5, 5.41) is 10.0. The van der Waals surface area contributed by atoms with E-state index in [0.717, 1.165) is 11.4 Å². The van der Waals surface area contributed by atoms with E-state index in [0.29, 0.717) is 6.54 Å². The summed E-state index contributed by atoms with van der Waals surface area (Å²) in [6.07, 6.45) is 2.19. The van der Waals surface area contributed by atoms with Crippen molar-refractivity contribution >= 4 is 21.4 Å². The molecule has 0 spiro atoms. The van der Waals surface area contributed by atoms with Gasteiger partial charge in [0.05, 0.1) is 23.9 Å². The summed E-state index contributed by atoms with van der Waals surface area (Å²) in [5.41, 5.74) is 0. The van der Waals surface area contributed by atoms with Crippen molar-refractivity contribution in [2.24, 2.45) is 5.92 Å². The number of sulfonamides is 1. The van der Waals surface area contributed by atoms with Crippen LogP contribution in [0.25, 0.3) is 0 Å². The minimum Gasteiger partial charge on any atom is -0.395 e. The normalized spacial score (nSPS) is 26.5. The van der Waals surface area contributed by atoms with Gasteiger partial charge in [0.2, 0.25) is 0 Å². The third-order valence-electron chi connectivity index (χ3n) is 3.18. The van der Waals surface area contributed by atoms with Crippen LogP contribution in [0.1, 0.15) is 18.4 Å². The van der Waals surface area contributed by atoms with Crippen molar-refractivity contribution in [1.82, 2.24) is 9.29 Å². The molecule has 7 heteroatoms. The molecule has 1 aromatic heterocycles. The average Bonchev–Trinajstić information content (AvgIpc) is 2.84. The number of aromatic nitrogens is 1. The molecule has 1 N–H and O–H groups in total. The molecule has 2 heterocycles. The molecule has 1 saturated heterocycles. The number of aliphatic hydroxyl groups is 1. The van der Waals surface area contributed by atoms with Gasteiger partial charge in [0, 0.05) is 6.54 Å². The minimum absolute atomic E-state index is 0.127. The monoisotopic (exact) mass is 276 g/mol. The van der Waals surface area contributed by atoms with Gasteiger partial charge >= 0.3 is 0 Å². The molecule has 0 aromatic carbocycles. The highest BCUT2D eigenvalue weighted by Gasteiger charge is 2.39. The van der Waals surface area contributed by atoms with E-state index in [1.54, 1.807) is 6.92 Å². The summed E-state index contributed by atoms with van der Waals surface area (Å²) < 4.78 is 26.4. The van der Waals surface area contributed by atoms with Gasteiger partial charge in [-0.15, -0.1) is 11.3 Å². The fraction of sp³-hybridized carbons (Fsp3) is 0.700. The van der Waals surface area contributed by atoms with Crippen molar-refractivity contribution in [3.63, 3.8) is 0 Å². The Kier molecular flexibility index (Phi) is 3.53. The highest BCUT2D eigenvalue weighted by atomic mass is 32.2. The van der Waals surface area contributed by atoms with Gasteiger partial charge in [0.1, 0.15) is 0 Å². The zero-order valence-electron chi connectivity index (χ0n) is 9.83. The van der Waals surface area contributed by atoms with Crippen LogP contribution >= 0.6 is 11.3 Å². The summed E-state index contributed by atoms with van der Waals surface area (Å²) in [6.45, 7) is 4.10. The van der Waals surface area contributed by atoms with Crippen LogP contribution in [0.4, 0.5) is 0 Å². The summed E-state index contributed by atoms with van der Waals surface area (Å²) in [6, 6.07) is -0.303. The first-order valence-electron chi connectivity index (χ1n) is 5.52. The second-order valence-corrected chi connectivity index (χ2v) is 7.68. The zero-order valence-corrected chi connectivity index (χ0v) is 11.5. The summed E-state index contributed by atoms with van der Waals surface area (Å²) in [5.74, 6) is 0.198. The Balaban J connectivity index is 2.33. The lowest BCUT2D eigenvalue weighted by Crippen LogP contribution is -2.39. The van der Waals surface area contributed by atoms with E-state index in [1.165, 1.54) is 21.8 Å². The zero-order chi connectivity index (χ0) is 12.6. The maximum absolute atomic E-state index is 12.3. The van der Waals surface area contributed by atoms with Crippen LogP contribution < -0.4 is 0 Å². The van der Waals surface area contributed by atoms with Crippen LogP contribution in [0.5, 0.6) is 0 Å². The summed E-state index contributed by atoms with van der Waals surface area (Å²) >= 11 is 1.17. The van der Waals surface area contributed by atoms with Crippen LogP contribution in [0.3, 0.4) is 0 Å². The van der Waals surface area contributed by atoms with Crippen LogP contribution in [-0.4, -0.2) is 42.0 Å². The molecule has 0 amide bonds. The molecule has 1 aliphatic rings. The Labute approximate surface area is 105 Å². The Morgan fingerprint density at radius 3 is 2.88 bits per heavy atom. The lowest BCUT2D eigenvalue weighted by atomic mass is 10.0. The second kappa shape index (κ2) is 4.64. The lowest BCUT2D eigenvalue weighted by Gasteiger charge is -2.23. The molecule has 2 rings (SSSR count). The number of aliphatic hydroxyl groups excluding tert-OH is 1. The Morgan fingerprint density at radius 1 is 1.65 bits per heavy atom. The molecule has 1 aliphatic heterocycles. The van der Waals surface area contributed by atoms with Gasteiger partial charge in [-0.05, 0) is 19.3 Å². The molecule has 5 nitrogen and oxygen atoms in total. The quantitative estimate of drug-likeness (QED) is 0.888. The predicted octanol–water partition coefficient (Wildman–Crippen LogP) is 0.843. The van der Waals surface area contributed by atoms with Gasteiger partial charge in [0.15, 0.2) is 4.21 Å². The summed E-state index contributed by atoms with van der Waals surface area (Å²) in [4.78, 5) is 3.97. The third kappa shape index (κ3) is 2.24. The van der Waals surface area contributed by atoms with Crippen LogP contribution in [0.2, 0.25) is 0 Å². The topological polar surface area (TPSA) is 70.5 Å². The number of hydrogen-bond acceptors (Lipinski definition) is 5. The largest absolute Gasteiger partial charge is 0.395 e. The highest BCUT2D eigenvalue weighted by molar-refractivity contribution is 7.91. The standard InChI is InChI=1S/C10H16N2O3S2/c1-7-3-4-12(9(7)6-13)17(14,15)10-5-11-8(2)16-10/h5,7,9,13H,3-4,6H2,1-2H3. The van der Waals surface area contributed by atoms with E-state index >= 15 is 0 Å². The fourth-order valence-electron chi connectivity index (χ4n) is 2.12. The van der Waals surface area contributed by atoms with Gasteiger partial charge in [-0.25, -0.2) is 13.4 Å². The maximum Gasteiger partial charge on any atom is 0.254 e. The highest BCUT2D eigenvalue weighted by Crippen LogP contribution is 2.31. The Bertz CT molecular complexity index is 497. The molecule has 0 aliphatic carbocycles. The predicted molar refractivity (Wildman–Crippen MR) is 65.4 cm³/mol. The van der Waals surface area contributed by atoms with Crippen molar-refractivity contribution in [2.75, 3.05) is 13.2 Å². The van der Waals surface area contributed by atoms with E-state index in [9.17, 15) is 13.5 Å². The third-order valence-corrected chi connectivity index (χ3v) is 6.46. The molecule has 2 unspecified atom stereocenters. The molecule has 2 atom stereocenters. The maximum atomic E-state index is 12.3. The molecule has 1 aromatic rings. The van der Waals surface area contributed by atoms with Crippen molar-refractivity contribution in [3.05, 3.63) is 11.2 Å². The molecule has 17 heavy (non-hydrogen) atoms. The van der Waals surface area contributed by atoms with E-state index in [1.807, 2.05) is 6.92 Å². The first-order chi connectivity index (χ1) is 7.96. The number of nitrogens with zero attached hydrogens (tertiary/aromatic N) is 2. The number of thiazole rings is 1. The van der Waals surface area contributed by atoms with E-state index < -0.39 is 10.0 Å². The molecular formula is C10H16N2O3S2.